The summed E-state index contributed by atoms with van der Waals surface area (Å²) in [5.41, 5.74) is 1.20. The van der Waals surface area contributed by atoms with E-state index < -0.39 is 10.0 Å². The Morgan fingerprint density at radius 2 is 1.68 bits per heavy atom. The fraction of sp³-hybridized carbons (Fsp3) is 0.231. The van der Waals surface area contributed by atoms with Crippen LogP contribution < -0.4 is 5.32 Å². The van der Waals surface area contributed by atoms with E-state index in [0.29, 0.717) is 36.0 Å². The van der Waals surface area contributed by atoms with Gasteiger partial charge in [0.15, 0.2) is 5.13 Å². The summed E-state index contributed by atoms with van der Waals surface area (Å²) < 4.78 is 27.8. The Morgan fingerprint density at radius 1 is 0.971 bits per heavy atom. The van der Waals surface area contributed by atoms with Crippen molar-refractivity contribution in [2.24, 2.45) is 5.92 Å². The van der Waals surface area contributed by atoms with E-state index in [-0.39, 0.29) is 11.8 Å². The predicted molar refractivity (Wildman–Crippen MR) is 135 cm³/mol. The molecular formula is C26H25N3O3S2. The van der Waals surface area contributed by atoms with Gasteiger partial charge < -0.3 is 5.32 Å². The van der Waals surface area contributed by atoms with Crippen LogP contribution in [0, 0.1) is 5.92 Å². The van der Waals surface area contributed by atoms with E-state index in [1.807, 2.05) is 48.5 Å². The molecule has 1 saturated heterocycles. The molecular weight excluding hydrogens is 466 g/mol. The number of nitrogens with one attached hydrogen (secondary N) is 1. The lowest BCUT2D eigenvalue weighted by Gasteiger charge is -2.30. The highest BCUT2D eigenvalue weighted by molar-refractivity contribution is 7.89. The summed E-state index contributed by atoms with van der Waals surface area (Å²) in [4.78, 5) is 18.5. The fourth-order valence-corrected chi connectivity index (χ4v) is 6.64. The van der Waals surface area contributed by atoms with Crippen LogP contribution in [0.1, 0.15) is 23.3 Å². The summed E-state index contributed by atoms with van der Waals surface area (Å²) in [6.45, 7) is 0.648. The van der Waals surface area contributed by atoms with Gasteiger partial charge in [0.25, 0.3) is 0 Å². The molecule has 5 rings (SSSR count). The lowest BCUT2D eigenvalue weighted by atomic mass is 9.97. The Kier molecular flexibility index (Phi) is 6.45. The topological polar surface area (TPSA) is 79.4 Å². The lowest BCUT2D eigenvalue weighted by Crippen LogP contribution is -2.41. The third-order valence-electron chi connectivity index (χ3n) is 6.19. The summed E-state index contributed by atoms with van der Waals surface area (Å²) >= 11 is 1.47. The molecule has 1 fully saturated rings. The van der Waals surface area contributed by atoms with Crippen molar-refractivity contribution in [1.29, 1.82) is 0 Å². The Bertz CT molecular complexity index is 1410. The van der Waals surface area contributed by atoms with Crippen LogP contribution >= 0.6 is 11.3 Å². The molecule has 6 nitrogen and oxygen atoms in total. The van der Waals surface area contributed by atoms with E-state index in [0.717, 1.165) is 22.1 Å². The van der Waals surface area contributed by atoms with E-state index >= 15 is 0 Å². The van der Waals surface area contributed by atoms with Crippen molar-refractivity contribution in [3.8, 4) is 0 Å². The number of sulfonamides is 1. The number of nitrogens with zero attached hydrogens (tertiary/aromatic N) is 2. The zero-order chi connectivity index (χ0) is 23.5. The third kappa shape index (κ3) is 4.89. The smallest absolute Gasteiger partial charge is 0.243 e. The number of anilines is 1. The van der Waals surface area contributed by atoms with Crippen molar-refractivity contribution in [3.05, 3.63) is 89.4 Å². The SMILES string of the molecule is O=C(Nc1ncc(Cc2ccccc2)s1)C1CCN(S(=O)(=O)c2ccc3ccccc3c2)CC1. The molecule has 34 heavy (non-hydrogen) atoms. The molecule has 2 heterocycles. The summed E-state index contributed by atoms with van der Waals surface area (Å²) in [5, 5.41) is 5.41. The molecule has 4 aromatic rings. The van der Waals surface area contributed by atoms with Crippen LogP contribution in [-0.2, 0) is 21.2 Å². The summed E-state index contributed by atoms with van der Waals surface area (Å²) in [6.07, 6.45) is 3.55. The maximum Gasteiger partial charge on any atom is 0.243 e. The highest BCUT2D eigenvalue weighted by Crippen LogP contribution is 2.28. The Balaban J connectivity index is 1.19. The number of hydrogen-bond donors (Lipinski definition) is 1. The van der Waals surface area contributed by atoms with Gasteiger partial charge in [-0.25, -0.2) is 13.4 Å². The number of hydrogen-bond acceptors (Lipinski definition) is 5. The van der Waals surface area contributed by atoms with Gasteiger partial charge in [-0.1, -0.05) is 60.7 Å². The molecule has 0 atom stereocenters. The average Bonchev–Trinajstić information content (AvgIpc) is 3.30. The van der Waals surface area contributed by atoms with Crippen molar-refractivity contribution in [3.63, 3.8) is 0 Å². The van der Waals surface area contributed by atoms with Gasteiger partial charge in [0, 0.05) is 36.5 Å². The van der Waals surface area contributed by atoms with Gasteiger partial charge in [-0.05, 0) is 41.3 Å². The van der Waals surface area contributed by atoms with Crippen LogP contribution in [0.2, 0.25) is 0 Å². The normalized spacial score (nSPS) is 15.4. The molecule has 1 N–H and O–H groups in total. The molecule has 0 radical (unpaired) electrons. The molecule has 0 bridgehead atoms. The van der Waals surface area contributed by atoms with Crippen molar-refractivity contribution in [2.75, 3.05) is 18.4 Å². The molecule has 1 aliphatic rings. The zero-order valence-electron chi connectivity index (χ0n) is 18.6. The van der Waals surface area contributed by atoms with Crippen LogP contribution in [0.15, 0.2) is 83.9 Å². The van der Waals surface area contributed by atoms with Gasteiger partial charge >= 0.3 is 0 Å². The minimum absolute atomic E-state index is 0.0941. The predicted octanol–water partition coefficient (Wildman–Crippen LogP) is 4.93. The van der Waals surface area contributed by atoms with Crippen LogP contribution in [0.5, 0.6) is 0 Å². The Labute approximate surface area is 203 Å². The van der Waals surface area contributed by atoms with Crippen LogP contribution in [0.25, 0.3) is 10.8 Å². The van der Waals surface area contributed by atoms with Gasteiger partial charge in [0.1, 0.15) is 0 Å². The van der Waals surface area contributed by atoms with Crippen molar-refractivity contribution in [2.45, 2.75) is 24.2 Å². The Morgan fingerprint density at radius 3 is 2.44 bits per heavy atom. The molecule has 3 aromatic carbocycles. The van der Waals surface area contributed by atoms with Gasteiger partial charge in [-0.15, -0.1) is 11.3 Å². The molecule has 174 valence electrons. The minimum Gasteiger partial charge on any atom is -0.302 e. The maximum absolute atomic E-state index is 13.2. The van der Waals surface area contributed by atoms with E-state index in [1.165, 1.54) is 21.2 Å². The summed E-state index contributed by atoms with van der Waals surface area (Å²) in [5.74, 6) is -0.326. The molecule has 1 aromatic heterocycles. The van der Waals surface area contributed by atoms with Gasteiger partial charge in [-0.3, -0.25) is 4.79 Å². The molecule has 0 saturated carbocycles. The number of fused-ring (bicyclic) bond motifs is 1. The number of carbonyl (C=O) groups excluding carboxylic acids is 1. The first-order valence-electron chi connectivity index (χ1n) is 11.3. The van der Waals surface area contributed by atoms with Gasteiger partial charge in [-0.2, -0.15) is 4.31 Å². The first-order chi connectivity index (χ1) is 16.5. The second-order valence-electron chi connectivity index (χ2n) is 8.47. The summed E-state index contributed by atoms with van der Waals surface area (Å²) in [7, 11) is -3.60. The molecule has 1 aliphatic heterocycles. The number of rotatable bonds is 6. The van der Waals surface area contributed by atoms with Crippen LogP contribution in [-0.4, -0.2) is 36.7 Å². The number of benzene rings is 3. The molecule has 0 aliphatic carbocycles. The number of carbonyl (C=O) groups is 1. The molecule has 8 heteroatoms. The zero-order valence-corrected chi connectivity index (χ0v) is 20.2. The number of thiazole rings is 1. The monoisotopic (exact) mass is 491 g/mol. The van der Waals surface area contributed by atoms with Crippen molar-refractivity contribution in [1.82, 2.24) is 9.29 Å². The van der Waals surface area contributed by atoms with Gasteiger partial charge in [0.2, 0.25) is 15.9 Å². The average molecular weight is 492 g/mol. The van der Waals surface area contributed by atoms with Gasteiger partial charge in [0.05, 0.1) is 4.90 Å². The largest absolute Gasteiger partial charge is 0.302 e. The lowest BCUT2D eigenvalue weighted by molar-refractivity contribution is -0.120. The standard InChI is InChI=1S/C26H25N3O3S2/c30-25(28-26-27-18-23(33-26)16-19-6-2-1-3-7-19)21-12-14-29(15-13-21)34(31,32)24-11-10-20-8-4-5-9-22(20)17-24/h1-11,17-18,21H,12-16H2,(H,27,28,30). The molecule has 1 amide bonds. The number of piperidine rings is 1. The second-order valence-corrected chi connectivity index (χ2v) is 11.5. The van der Waals surface area contributed by atoms with E-state index in [4.69, 9.17) is 0 Å². The first kappa shape index (κ1) is 22.7. The highest BCUT2D eigenvalue weighted by atomic mass is 32.2. The van der Waals surface area contributed by atoms with E-state index in [2.05, 4.69) is 22.4 Å². The summed E-state index contributed by atoms with van der Waals surface area (Å²) in [6, 6.07) is 23.1. The first-order valence-corrected chi connectivity index (χ1v) is 13.5. The van der Waals surface area contributed by atoms with Crippen molar-refractivity contribution < 1.29 is 13.2 Å². The fourth-order valence-electron chi connectivity index (χ4n) is 4.29. The quantitative estimate of drug-likeness (QED) is 0.415. The Hall–Kier alpha value is -3.07. The number of aromatic nitrogens is 1. The minimum atomic E-state index is -3.60. The maximum atomic E-state index is 13.2. The van der Waals surface area contributed by atoms with E-state index in [9.17, 15) is 13.2 Å². The highest BCUT2D eigenvalue weighted by Gasteiger charge is 2.32. The van der Waals surface area contributed by atoms with E-state index in [1.54, 1.807) is 18.3 Å². The molecule has 0 spiro atoms. The van der Waals surface area contributed by atoms with Crippen LogP contribution in [0.4, 0.5) is 5.13 Å². The van der Waals surface area contributed by atoms with Crippen LogP contribution in [0.3, 0.4) is 0 Å². The van der Waals surface area contributed by atoms with Crippen molar-refractivity contribution >= 4 is 43.2 Å². The third-order valence-corrected chi connectivity index (χ3v) is 9.00. The molecule has 0 unspecified atom stereocenters. The number of amides is 1. The second kappa shape index (κ2) is 9.66.